The minimum Gasteiger partial charge on any atom is -0.591 e. The highest BCUT2D eigenvalue weighted by atomic mass is 79.9. The number of rotatable bonds is 4. The van der Waals surface area contributed by atoms with Gasteiger partial charge in [-0.1, -0.05) is 20.3 Å². The van der Waals surface area contributed by atoms with Crippen LogP contribution in [0.4, 0.5) is 8.78 Å². The van der Waals surface area contributed by atoms with Gasteiger partial charge in [-0.25, -0.2) is 0 Å². The van der Waals surface area contributed by atoms with Crippen LogP contribution in [-0.2, 0) is 11.4 Å². The Hall–Kier alpha value is -0.660. The molecule has 0 aliphatic heterocycles. The number of benzene rings is 1. The highest BCUT2D eigenvalue weighted by molar-refractivity contribution is 9.10. The Morgan fingerprint density at radius 3 is 2.53 bits per heavy atom. The van der Waals surface area contributed by atoms with Gasteiger partial charge in [0.2, 0.25) is 0 Å². The molecule has 0 heterocycles. The molecule has 0 fully saturated rings. The number of hydrogen-bond acceptors (Lipinski definition) is 3. The topological polar surface area (TPSA) is 44.7 Å². The molecule has 0 spiro atoms. The van der Waals surface area contributed by atoms with Crippen molar-refractivity contribution >= 4 is 33.5 Å². The fourth-order valence-electron chi connectivity index (χ4n) is 1.10. The molecule has 19 heavy (non-hydrogen) atoms. The summed E-state index contributed by atoms with van der Waals surface area (Å²) in [7, 11) is 0. The van der Waals surface area contributed by atoms with Gasteiger partial charge in [0.1, 0.15) is 21.9 Å². The van der Waals surface area contributed by atoms with E-state index in [2.05, 4.69) is 25.1 Å². The molecule has 0 aliphatic carbocycles. The third-order valence-corrected chi connectivity index (χ3v) is 3.74. The van der Waals surface area contributed by atoms with Crippen LogP contribution in [0.5, 0.6) is 5.75 Å². The van der Waals surface area contributed by atoms with Gasteiger partial charge in [0.25, 0.3) is 0 Å². The van der Waals surface area contributed by atoms with Crippen LogP contribution in [0.15, 0.2) is 27.1 Å². The van der Waals surface area contributed by atoms with Gasteiger partial charge in [-0.3, -0.25) is 0 Å². The Kier molecular flexibility index (Phi) is 5.76. The lowest BCUT2D eigenvalue weighted by Gasteiger charge is -2.17. The van der Waals surface area contributed by atoms with Gasteiger partial charge in [-0.2, -0.15) is 8.78 Å². The van der Waals surface area contributed by atoms with Crippen LogP contribution in [0.2, 0.25) is 0 Å². The molecule has 106 valence electrons. The summed E-state index contributed by atoms with van der Waals surface area (Å²) in [5.74, 6) is 0.0207. The van der Waals surface area contributed by atoms with E-state index in [1.807, 2.05) is 0 Å². The lowest BCUT2D eigenvalue weighted by atomic mass is 10.2. The van der Waals surface area contributed by atoms with Crippen molar-refractivity contribution in [2.24, 2.45) is 4.40 Å². The monoisotopic (exact) mass is 353 g/mol. The zero-order valence-electron chi connectivity index (χ0n) is 10.7. The summed E-state index contributed by atoms with van der Waals surface area (Å²) >= 11 is 1.79. The molecule has 0 bridgehead atoms. The van der Waals surface area contributed by atoms with E-state index in [9.17, 15) is 13.3 Å². The predicted octanol–water partition coefficient (Wildman–Crippen LogP) is 3.93. The summed E-state index contributed by atoms with van der Waals surface area (Å²) in [6.07, 6.45) is 1.38. The molecule has 0 saturated heterocycles. The highest BCUT2D eigenvalue weighted by Gasteiger charge is 2.25. The van der Waals surface area contributed by atoms with Crippen molar-refractivity contribution < 1.29 is 18.1 Å². The maximum atomic E-state index is 12.1. The van der Waals surface area contributed by atoms with Crippen LogP contribution in [-0.4, -0.2) is 22.1 Å². The van der Waals surface area contributed by atoms with Crippen molar-refractivity contribution in [2.75, 3.05) is 0 Å². The molecule has 0 amide bonds. The summed E-state index contributed by atoms with van der Waals surface area (Å²) in [6.45, 7) is 2.51. The van der Waals surface area contributed by atoms with Gasteiger partial charge in [-0.05, 0) is 39.0 Å². The zero-order chi connectivity index (χ0) is 14.6. The first-order valence-electron chi connectivity index (χ1n) is 5.40. The summed E-state index contributed by atoms with van der Waals surface area (Å²) in [4.78, 5) is 0. The Labute approximate surface area is 122 Å². The Balaban J connectivity index is 2.89. The molecule has 1 aromatic carbocycles. The molecule has 7 heteroatoms. The molecular weight excluding hydrogens is 340 g/mol. The van der Waals surface area contributed by atoms with E-state index in [1.54, 1.807) is 26.8 Å². The minimum atomic E-state index is -2.89. The van der Waals surface area contributed by atoms with Gasteiger partial charge in [0, 0.05) is 10.0 Å². The second-order valence-corrected chi connectivity index (χ2v) is 7.54. The molecular formula is C12H14BrF2NO2S. The molecule has 0 aromatic heterocycles. The van der Waals surface area contributed by atoms with Gasteiger partial charge in [-0.15, -0.1) is 0 Å². The Morgan fingerprint density at radius 1 is 1.37 bits per heavy atom. The first-order chi connectivity index (χ1) is 8.68. The van der Waals surface area contributed by atoms with Crippen LogP contribution in [0, 0.1) is 0 Å². The SMILES string of the molecule is CC(C)(C)[S@@+]([O-])/N=C/c1cc(Br)cc(OC(F)F)c1. The van der Waals surface area contributed by atoms with Crippen LogP contribution < -0.4 is 4.74 Å². The summed E-state index contributed by atoms with van der Waals surface area (Å²) in [5, 5.41) is 0. The summed E-state index contributed by atoms with van der Waals surface area (Å²) < 4.78 is 44.3. The van der Waals surface area contributed by atoms with Crippen LogP contribution in [0.3, 0.4) is 0 Å². The summed E-state index contributed by atoms with van der Waals surface area (Å²) in [6, 6.07) is 4.49. The molecule has 1 atom stereocenters. The van der Waals surface area contributed by atoms with Crippen molar-refractivity contribution in [1.82, 2.24) is 0 Å². The van der Waals surface area contributed by atoms with E-state index in [4.69, 9.17) is 0 Å². The van der Waals surface area contributed by atoms with E-state index >= 15 is 0 Å². The normalized spacial score (nSPS) is 14.1. The summed E-state index contributed by atoms with van der Waals surface area (Å²) in [5.41, 5.74) is 0.530. The molecule has 0 aliphatic rings. The maximum Gasteiger partial charge on any atom is 0.387 e. The first-order valence-corrected chi connectivity index (χ1v) is 7.30. The van der Waals surface area contributed by atoms with E-state index in [1.165, 1.54) is 18.3 Å². The van der Waals surface area contributed by atoms with Gasteiger partial charge in [0.15, 0.2) is 0 Å². The maximum absolute atomic E-state index is 12.1. The smallest absolute Gasteiger partial charge is 0.387 e. The standard InChI is InChI=1S/C12H14BrF2NO2S/c1-12(2,3)19(17)16-7-8-4-9(13)6-10(5-8)18-11(14)15/h4-7,11H,1-3H3/b16-7+/t19-/m1/s1. The largest absolute Gasteiger partial charge is 0.591 e. The lowest BCUT2D eigenvalue weighted by Crippen LogP contribution is -2.25. The van der Waals surface area contributed by atoms with E-state index in [0.717, 1.165) is 0 Å². The average Bonchev–Trinajstić information content (AvgIpc) is 2.22. The van der Waals surface area contributed by atoms with Crippen molar-refractivity contribution in [3.05, 3.63) is 28.2 Å². The van der Waals surface area contributed by atoms with E-state index < -0.39 is 22.7 Å². The molecule has 0 radical (unpaired) electrons. The van der Waals surface area contributed by atoms with Crippen LogP contribution in [0.1, 0.15) is 26.3 Å². The first kappa shape index (κ1) is 16.4. The molecule has 1 rings (SSSR count). The quantitative estimate of drug-likeness (QED) is 0.607. The molecule has 0 saturated carbocycles. The third kappa shape index (κ3) is 5.88. The van der Waals surface area contributed by atoms with Crippen LogP contribution >= 0.6 is 15.9 Å². The fourth-order valence-corrected chi connectivity index (χ4v) is 2.12. The third-order valence-electron chi connectivity index (χ3n) is 1.94. The number of hydrogen-bond donors (Lipinski definition) is 0. The number of ether oxygens (including phenoxy) is 1. The zero-order valence-corrected chi connectivity index (χ0v) is 13.1. The van der Waals surface area contributed by atoms with Gasteiger partial charge in [0.05, 0.1) is 6.21 Å². The fraction of sp³-hybridized carbons (Fsp3) is 0.417. The highest BCUT2D eigenvalue weighted by Crippen LogP contribution is 2.23. The number of halogens is 3. The van der Waals surface area contributed by atoms with Gasteiger partial charge < -0.3 is 9.29 Å². The number of nitrogens with zero attached hydrogens (tertiary/aromatic N) is 1. The van der Waals surface area contributed by atoms with Gasteiger partial charge >= 0.3 is 6.61 Å². The van der Waals surface area contributed by atoms with Crippen molar-refractivity contribution in [1.29, 1.82) is 0 Å². The van der Waals surface area contributed by atoms with Crippen LogP contribution in [0.25, 0.3) is 0 Å². The Morgan fingerprint density at radius 2 is 2.00 bits per heavy atom. The predicted molar refractivity (Wildman–Crippen MR) is 76.3 cm³/mol. The van der Waals surface area contributed by atoms with Crippen molar-refractivity contribution in [2.45, 2.75) is 32.1 Å². The lowest BCUT2D eigenvalue weighted by molar-refractivity contribution is -0.0498. The second kappa shape index (κ2) is 6.67. The van der Waals surface area contributed by atoms with E-state index in [-0.39, 0.29) is 5.75 Å². The average molecular weight is 354 g/mol. The molecule has 1 aromatic rings. The Bertz CT molecular complexity index is 464. The van der Waals surface area contributed by atoms with Crippen molar-refractivity contribution in [3.63, 3.8) is 0 Å². The number of alkyl halides is 2. The molecule has 3 nitrogen and oxygen atoms in total. The van der Waals surface area contributed by atoms with Crippen molar-refractivity contribution in [3.8, 4) is 5.75 Å². The van der Waals surface area contributed by atoms with E-state index in [0.29, 0.717) is 10.0 Å². The minimum absolute atomic E-state index is 0.0207. The molecule has 0 unspecified atom stereocenters. The molecule has 0 N–H and O–H groups in total. The second-order valence-electron chi connectivity index (χ2n) is 4.69.